The minimum Gasteiger partial charge on any atom is -0.493 e. The normalized spacial score (nSPS) is 17.7. The van der Waals surface area contributed by atoms with Gasteiger partial charge >= 0.3 is 6.09 Å². The van der Waals surface area contributed by atoms with Crippen molar-refractivity contribution >= 4 is 18.2 Å². The first-order chi connectivity index (χ1) is 14.5. The molecule has 2 aromatic rings. The summed E-state index contributed by atoms with van der Waals surface area (Å²) < 4.78 is 16.3. The number of nitrogens with zero attached hydrogens (tertiary/aromatic N) is 2. The van der Waals surface area contributed by atoms with Crippen LogP contribution in [0.2, 0.25) is 0 Å². The standard InChI is InChI=1S/C23H28N2O5/c1-5-30-23(27)24(14-17-9-7-6-8-10-17)19-11-16(2)25(15-26)20-13-22(29-4)21(28-3)12-18(19)20/h6-10,12-13,15-16,19H,5,11,14H2,1-4H3/t16-,19+/m1/s1. The summed E-state index contributed by atoms with van der Waals surface area (Å²) in [6.07, 6.45) is 1.00. The van der Waals surface area contributed by atoms with Gasteiger partial charge in [0.25, 0.3) is 0 Å². The largest absolute Gasteiger partial charge is 0.493 e. The first-order valence-electron chi connectivity index (χ1n) is 10.0. The van der Waals surface area contributed by atoms with Crippen molar-refractivity contribution in [2.45, 2.75) is 38.9 Å². The van der Waals surface area contributed by atoms with Crippen molar-refractivity contribution in [3.63, 3.8) is 0 Å². The smallest absolute Gasteiger partial charge is 0.410 e. The predicted molar refractivity (Wildman–Crippen MR) is 114 cm³/mol. The lowest BCUT2D eigenvalue weighted by Gasteiger charge is -2.42. The van der Waals surface area contributed by atoms with Crippen LogP contribution in [-0.2, 0) is 16.1 Å². The first kappa shape index (κ1) is 21.5. The third-order valence-corrected chi connectivity index (χ3v) is 5.40. The molecule has 2 atom stereocenters. The highest BCUT2D eigenvalue weighted by molar-refractivity contribution is 5.82. The SMILES string of the molecule is CCOC(=O)N(Cc1ccccc1)[C@H]1C[C@@H](C)N(C=O)c2cc(OC)c(OC)cc21. The van der Waals surface area contributed by atoms with Gasteiger partial charge in [0.05, 0.1) is 32.6 Å². The van der Waals surface area contributed by atoms with Crippen LogP contribution < -0.4 is 14.4 Å². The molecular weight excluding hydrogens is 384 g/mol. The van der Waals surface area contributed by atoms with Crippen LogP contribution >= 0.6 is 0 Å². The first-order valence-corrected chi connectivity index (χ1v) is 10.0. The van der Waals surface area contributed by atoms with Gasteiger partial charge in [0.15, 0.2) is 11.5 Å². The number of methoxy groups -OCH3 is 2. The van der Waals surface area contributed by atoms with Crippen LogP contribution in [-0.4, -0.2) is 44.3 Å². The molecule has 2 aromatic carbocycles. The van der Waals surface area contributed by atoms with Crippen LogP contribution in [0, 0.1) is 0 Å². The van der Waals surface area contributed by atoms with E-state index in [-0.39, 0.29) is 24.8 Å². The lowest BCUT2D eigenvalue weighted by Crippen LogP contribution is -2.44. The van der Waals surface area contributed by atoms with Crippen molar-refractivity contribution in [3.05, 3.63) is 53.6 Å². The quantitative estimate of drug-likeness (QED) is 0.639. The summed E-state index contributed by atoms with van der Waals surface area (Å²) in [5.41, 5.74) is 2.52. The van der Waals surface area contributed by atoms with Crippen molar-refractivity contribution < 1.29 is 23.8 Å². The van der Waals surface area contributed by atoms with E-state index in [0.717, 1.165) is 17.5 Å². The Bertz CT molecular complexity index is 887. The average molecular weight is 412 g/mol. The van der Waals surface area contributed by atoms with Crippen molar-refractivity contribution in [2.24, 2.45) is 0 Å². The van der Waals surface area contributed by atoms with Gasteiger partial charge in [-0.1, -0.05) is 30.3 Å². The summed E-state index contributed by atoms with van der Waals surface area (Å²) in [5, 5.41) is 0. The number of anilines is 1. The fourth-order valence-electron chi connectivity index (χ4n) is 3.92. The average Bonchev–Trinajstić information content (AvgIpc) is 2.77. The molecule has 0 saturated heterocycles. The number of fused-ring (bicyclic) bond motifs is 1. The molecule has 7 heteroatoms. The Morgan fingerprint density at radius 2 is 1.83 bits per heavy atom. The van der Waals surface area contributed by atoms with Gasteiger partial charge in [-0.3, -0.25) is 9.69 Å². The molecule has 1 heterocycles. The molecule has 0 fully saturated rings. The highest BCUT2D eigenvalue weighted by Gasteiger charge is 2.37. The molecule has 0 saturated carbocycles. The second kappa shape index (κ2) is 9.52. The number of hydrogen-bond acceptors (Lipinski definition) is 5. The van der Waals surface area contributed by atoms with Crippen molar-refractivity contribution in [1.29, 1.82) is 0 Å². The van der Waals surface area contributed by atoms with Gasteiger partial charge in [0, 0.05) is 24.2 Å². The van der Waals surface area contributed by atoms with E-state index < -0.39 is 0 Å². The Morgan fingerprint density at radius 1 is 1.17 bits per heavy atom. The molecule has 1 aliphatic rings. The fourth-order valence-corrected chi connectivity index (χ4v) is 3.92. The van der Waals surface area contributed by atoms with Crippen LogP contribution in [0.4, 0.5) is 10.5 Å². The summed E-state index contributed by atoms with van der Waals surface area (Å²) in [6, 6.07) is 13.0. The maximum atomic E-state index is 13.0. The number of ether oxygens (including phenoxy) is 3. The summed E-state index contributed by atoms with van der Waals surface area (Å²) >= 11 is 0. The third kappa shape index (κ3) is 4.20. The molecule has 7 nitrogen and oxygen atoms in total. The van der Waals surface area contributed by atoms with E-state index in [1.165, 1.54) is 0 Å². The molecule has 1 aliphatic heterocycles. The van der Waals surface area contributed by atoms with E-state index in [0.29, 0.717) is 30.2 Å². The van der Waals surface area contributed by atoms with Crippen LogP contribution in [0.3, 0.4) is 0 Å². The minimum atomic E-state index is -0.390. The van der Waals surface area contributed by atoms with Gasteiger partial charge in [0.1, 0.15) is 0 Å². The monoisotopic (exact) mass is 412 g/mol. The van der Waals surface area contributed by atoms with E-state index in [4.69, 9.17) is 14.2 Å². The number of carbonyl (C=O) groups is 2. The van der Waals surface area contributed by atoms with Crippen LogP contribution in [0.15, 0.2) is 42.5 Å². The predicted octanol–water partition coefficient (Wildman–Crippen LogP) is 4.16. The molecule has 0 aromatic heterocycles. The Kier molecular flexibility index (Phi) is 6.82. The van der Waals surface area contributed by atoms with E-state index in [9.17, 15) is 9.59 Å². The van der Waals surface area contributed by atoms with Gasteiger partial charge in [-0.15, -0.1) is 0 Å². The lowest BCUT2D eigenvalue weighted by atomic mass is 9.90. The van der Waals surface area contributed by atoms with Gasteiger partial charge in [0.2, 0.25) is 6.41 Å². The number of hydrogen-bond donors (Lipinski definition) is 0. The molecular formula is C23H28N2O5. The molecule has 0 aliphatic carbocycles. The molecule has 0 unspecified atom stereocenters. The Morgan fingerprint density at radius 3 is 2.43 bits per heavy atom. The molecule has 30 heavy (non-hydrogen) atoms. The second-order valence-electron chi connectivity index (χ2n) is 7.19. The molecule has 160 valence electrons. The van der Waals surface area contributed by atoms with Crippen LogP contribution in [0.1, 0.15) is 37.4 Å². The van der Waals surface area contributed by atoms with Crippen molar-refractivity contribution in [1.82, 2.24) is 4.90 Å². The number of rotatable bonds is 7. The summed E-state index contributed by atoms with van der Waals surface area (Å²) in [7, 11) is 3.12. The van der Waals surface area contributed by atoms with E-state index >= 15 is 0 Å². The highest BCUT2D eigenvalue weighted by Crippen LogP contribution is 2.45. The van der Waals surface area contributed by atoms with E-state index in [2.05, 4.69) is 0 Å². The topological polar surface area (TPSA) is 68.3 Å². The number of amides is 2. The maximum absolute atomic E-state index is 13.0. The Balaban J connectivity index is 2.11. The van der Waals surface area contributed by atoms with E-state index in [1.54, 1.807) is 37.0 Å². The number of benzene rings is 2. The zero-order valence-electron chi connectivity index (χ0n) is 17.8. The molecule has 0 bridgehead atoms. The lowest BCUT2D eigenvalue weighted by molar-refractivity contribution is -0.108. The molecule has 3 rings (SSSR count). The van der Waals surface area contributed by atoms with Gasteiger partial charge in [-0.25, -0.2) is 4.79 Å². The molecule has 2 amide bonds. The van der Waals surface area contributed by atoms with E-state index in [1.807, 2.05) is 43.3 Å². The number of carbonyl (C=O) groups excluding carboxylic acids is 2. The maximum Gasteiger partial charge on any atom is 0.410 e. The second-order valence-corrected chi connectivity index (χ2v) is 7.19. The molecule has 0 spiro atoms. The highest BCUT2D eigenvalue weighted by atomic mass is 16.6. The van der Waals surface area contributed by atoms with Crippen molar-refractivity contribution in [3.8, 4) is 11.5 Å². The summed E-state index contributed by atoms with van der Waals surface area (Å²) in [6.45, 7) is 4.43. The Labute approximate surface area is 177 Å². The molecule has 0 N–H and O–H groups in total. The fraction of sp³-hybridized carbons (Fsp3) is 0.391. The van der Waals surface area contributed by atoms with Gasteiger partial charge in [-0.05, 0) is 31.9 Å². The van der Waals surface area contributed by atoms with Crippen LogP contribution in [0.25, 0.3) is 0 Å². The van der Waals surface area contributed by atoms with Crippen molar-refractivity contribution in [2.75, 3.05) is 25.7 Å². The van der Waals surface area contributed by atoms with Gasteiger partial charge in [-0.2, -0.15) is 0 Å². The summed E-state index contributed by atoms with van der Waals surface area (Å²) in [4.78, 5) is 28.2. The summed E-state index contributed by atoms with van der Waals surface area (Å²) in [5.74, 6) is 1.08. The minimum absolute atomic E-state index is 0.106. The third-order valence-electron chi connectivity index (χ3n) is 5.40. The Hall–Kier alpha value is -3.22. The zero-order chi connectivity index (χ0) is 21.7. The van der Waals surface area contributed by atoms with Crippen LogP contribution in [0.5, 0.6) is 11.5 Å². The van der Waals surface area contributed by atoms with Gasteiger partial charge < -0.3 is 19.1 Å². The molecule has 0 radical (unpaired) electrons. The zero-order valence-corrected chi connectivity index (χ0v) is 17.8.